The van der Waals surface area contributed by atoms with E-state index in [1.54, 1.807) is 0 Å². The lowest BCUT2D eigenvalue weighted by atomic mass is 10.0. The molecule has 0 aliphatic heterocycles. The predicted octanol–water partition coefficient (Wildman–Crippen LogP) is 5.12. The van der Waals surface area contributed by atoms with E-state index in [-0.39, 0.29) is 6.04 Å². The number of rotatable bonds is 3. The summed E-state index contributed by atoms with van der Waals surface area (Å²) in [5.41, 5.74) is 4.55. The zero-order valence-electron chi connectivity index (χ0n) is 12.4. The van der Waals surface area contributed by atoms with Crippen LogP contribution >= 0.6 is 15.9 Å². The molecule has 0 saturated carbocycles. The molecule has 108 valence electrons. The Morgan fingerprint density at radius 1 is 1.05 bits per heavy atom. The van der Waals surface area contributed by atoms with E-state index in [9.17, 15) is 0 Å². The number of furan rings is 1. The van der Waals surface area contributed by atoms with Crippen molar-refractivity contribution in [3.63, 3.8) is 0 Å². The van der Waals surface area contributed by atoms with Crippen molar-refractivity contribution in [2.75, 3.05) is 7.05 Å². The average Bonchev–Trinajstić information content (AvgIpc) is 2.89. The lowest BCUT2D eigenvalue weighted by molar-refractivity contribution is 0.490. The summed E-state index contributed by atoms with van der Waals surface area (Å²) in [6.45, 7) is 4.17. The van der Waals surface area contributed by atoms with E-state index in [2.05, 4.69) is 77.6 Å². The molecule has 1 aromatic heterocycles. The summed E-state index contributed by atoms with van der Waals surface area (Å²) in [6, 6.07) is 14.8. The van der Waals surface area contributed by atoms with Crippen molar-refractivity contribution >= 4 is 26.9 Å². The van der Waals surface area contributed by atoms with Crippen LogP contribution in [0.25, 0.3) is 11.0 Å². The largest absolute Gasteiger partial charge is 0.459 e. The molecule has 1 N–H and O–H groups in total. The van der Waals surface area contributed by atoms with Crippen LogP contribution in [0.2, 0.25) is 0 Å². The Kier molecular flexibility index (Phi) is 3.87. The van der Waals surface area contributed by atoms with E-state index in [0.717, 1.165) is 21.2 Å². The van der Waals surface area contributed by atoms with Gasteiger partial charge in [0.05, 0.1) is 6.04 Å². The van der Waals surface area contributed by atoms with Gasteiger partial charge in [0.2, 0.25) is 0 Å². The molecule has 0 fully saturated rings. The first-order valence-corrected chi connectivity index (χ1v) is 7.82. The minimum absolute atomic E-state index is 0.0497. The lowest BCUT2D eigenvalue weighted by Crippen LogP contribution is -2.17. The van der Waals surface area contributed by atoms with Crippen molar-refractivity contribution in [3.05, 3.63) is 69.4 Å². The van der Waals surface area contributed by atoms with Gasteiger partial charge in [0.25, 0.3) is 0 Å². The highest BCUT2D eigenvalue weighted by Crippen LogP contribution is 2.31. The number of nitrogens with one attached hydrogen (secondary N) is 1. The van der Waals surface area contributed by atoms with Gasteiger partial charge in [0.15, 0.2) is 0 Å². The fourth-order valence-corrected chi connectivity index (χ4v) is 3.03. The van der Waals surface area contributed by atoms with Crippen molar-refractivity contribution < 1.29 is 4.42 Å². The fraction of sp³-hybridized carbons (Fsp3) is 0.222. The summed E-state index contributed by atoms with van der Waals surface area (Å²) in [5, 5.41) is 4.50. The van der Waals surface area contributed by atoms with E-state index in [1.165, 1.54) is 16.7 Å². The molecule has 2 aromatic carbocycles. The molecule has 3 aromatic rings. The van der Waals surface area contributed by atoms with Gasteiger partial charge in [-0.25, -0.2) is 0 Å². The van der Waals surface area contributed by atoms with Crippen LogP contribution in [0.1, 0.15) is 28.5 Å². The van der Waals surface area contributed by atoms with Crippen LogP contribution in [-0.2, 0) is 0 Å². The van der Waals surface area contributed by atoms with Gasteiger partial charge in [-0.05, 0) is 49.7 Å². The van der Waals surface area contributed by atoms with Crippen molar-refractivity contribution in [3.8, 4) is 0 Å². The standard InChI is InChI=1S/C18H18BrNO/c1-11-7-8-13(9-15(11)19)17(20-3)16-10-14-6-4-5-12(2)18(14)21-16/h4-10,17,20H,1-3H3. The molecule has 0 saturated heterocycles. The first-order chi connectivity index (χ1) is 10.1. The first kappa shape index (κ1) is 14.4. The zero-order valence-corrected chi connectivity index (χ0v) is 14.0. The minimum Gasteiger partial charge on any atom is -0.459 e. The maximum Gasteiger partial charge on any atom is 0.137 e. The molecule has 1 heterocycles. The quantitative estimate of drug-likeness (QED) is 0.713. The molecule has 0 spiro atoms. The first-order valence-electron chi connectivity index (χ1n) is 7.02. The highest BCUT2D eigenvalue weighted by atomic mass is 79.9. The Bertz CT molecular complexity index is 791. The molecule has 0 aliphatic rings. The Labute approximate surface area is 133 Å². The number of hydrogen-bond acceptors (Lipinski definition) is 2. The highest BCUT2D eigenvalue weighted by molar-refractivity contribution is 9.10. The second kappa shape index (κ2) is 5.66. The predicted molar refractivity (Wildman–Crippen MR) is 90.7 cm³/mol. The van der Waals surface area contributed by atoms with Crippen LogP contribution < -0.4 is 5.32 Å². The smallest absolute Gasteiger partial charge is 0.137 e. The van der Waals surface area contributed by atoms with Crippen LogP contribution in [-0.4, -0.2) is 7.05 Å². The lowest BCUT2D eigenvalue weighted by Gasteiger charge is -2.15. The van der Waals surface area contributed by atoms with Crippen molar-refractivity contribution in [1.29, 1.82) is 0 Å². The van der Waals surface area contributed by atoms with Gasteiger partial charge in [-0.15, -0.1) is 0 Å². The van der Waals surface area contributed by atoms with Crippen LogP contribution in [0, 0.1) is 13.8 Å². The van der Waals surface area contributed by atoms with Gasteiger partial charge in [-0.3, -0.25) is 0 Å². The van der Waals surface area contributed by atoms with E-state index in [1.807, 2.05) is 7.05 Å². The van der Waals surface area contributed by atoms with Crippen molar-refractivity contribution in [1.82, 2.24) is 5.32 Å². The second-order valence-corrected chi connectivity index (χ2v) is 6.23. The zero-order chi connectivity index (χ0) is 15.0. The summed E-state index contributed by atoms with van der Waals surface area (Å²) >= 11 is 3.60. The average molecular weight is 344 g/mol. The van der Waals surface area contributed by atoms with Gasteiger partial charge in [-0.1, -0.05) is 46.3 Å². The van der Waals surface area contributed by atoms with E-state index >= 15 is 0 Å². The van der Waals surface area contributed by atoms with Crippen LogP contribution in [0.5, 0.6) is 0 Å². The summed E-state index contributed by atoms with van der Waals surface area (Å²) in [7, 11) is 1.96. The number of halogens is 1. The van der Waals surface area contributed by atoms with E-state index in [4.69, 9.17) is 4.42 Å². The number of hydrogen-bond donors (Lipinski definition) is 1. The van der Waals surface area contributed by atoms with Crippen LogP contribution in [0.4, 0.5) is 0 Å². The molecule has 3 rings (SSSR count). The Morgan fingerprint density at radius 2 is 1.86 bits per heavy atom. The molecule has 0 bridgehead atoms. The topological polar surface area (TPSA) is 25.2 Å². The second-order valence-electron chi connectivity index (χ2n) is 5.37. The summed E-state index contributed by atoms with van der Waals surface area (Å²) in [5.74, 6) is 0.942. The SMILES string of the molecule is CNC(c1ccc(C)c(Br)c1)c1cc2cccc(C)c2o1. The van der Waals surface area contributed by atoms with Crippen molar-refractivity contribution in [2.24, 2.45) is 0 Å². The summed E-state index contributed by atoms with van der Waals surface area (Å²) < 4.78 is 7.22. The third-order valence-electron chi connectivity index (χ3n) is 3.86. The molecule has 0 amide bonds. The maximum atomic E-state index is 6.10. The minimum atomic E-state index is 0.0497. The molecular weight excluding hydrogens is 326 g/mol. The Balaban J connectivity index is 2.09. The molecule has 2 nitrogen and oxygen atoms in total. The molecule has 0 radical (unpaired) electrons. The molecule has 3 heteroatoms. The monoisotopic (exact) mass is 343 g/mol. The number of para-hydroxylation sites is 1. The highest BCUT2D eigenvalue weighted by Gasteiger charge is 2.18. The van der Waals surface area contributed by atoms with Crippen molar-refractivity contribution in [2.45, 2.75) is 19.9 Å². The van der Waals surface area contributed by atoms with Gasteiger partial charge in [0.1, 0.15) is 11.3 Å². The number of aryl methyl sites for hydroxylation is 2. The normalized spacial score (nSPS) is 12.8. The third kappa shape index (κ3) is 2.63. The molecular formula is C18H18BrNO. The van der Waals surface area contributed by atoms with E-state index < -0.39 is 0 Å². The number of benzene rings is 2. The fourth-order valence-electron chi connectivity index (χ4n) is 2.63. The third-order valence-corrected chi connectivity index (χ3v) is 4.72. The molecule has 0 aliphatic carbocycles. The number of fused-ring (bicyclic) bond motifs is 1. The van der Waals surface area contributed by atoms with Gasteiger partial charge in [0, 0.05) is 9.86 Å². The van der Waals surface area contributed by atoms with Gasteiger partial charge < -0.3 is 9.73 Å². The molecule has 21 heavy (non-hydrogen) atoms. The van der Waals surface area contributed by atoms with Gasteiger partial charge in [-0.2, -0.15) is 0 Å². The van der Waals surface area contributed by atoms with E-state index in [0.29, 0.717) is 0 Å². The van der Waals surface area contributed by atoms with Crippen LogP contribution in [0.15, 0.2) is 51.4 Å². The summed E-state index contributed by atoms with van der Waals surface area (Å²) in [4.78, 5) is 0. The molecule has 1 atom stereocenters. The van der Waals surface area contributed by atoms with Crippen LogP contribution in [0.3, 0.4) is 0 Å². The summed E-state index contributed by atoms with van der Waals surface area (Å²) in [6.07, 6.45) is 0. The maximum absolute atomic E-state index is 6.10. The molecule has 1 unspecified atom stereocenters. The Morgan fingerprint density at radius 3 is 2.52 bits per heavy atom. The Hall–Kier alpha value is -1.58. The van der Waals surface area contributed by atoms with Gasteiger partial charge >= 0.3 is 0 Å².